The van der Waals surface area contributed by atoms with Crippen molar-refractivity contribution in [2.45, 2.75) is 51.5 Å². The van der Waals surface area contributed by atoms with Crippen LogP contribution in [0.4, 0.5) is 0 Å². The largest absolute Gasteiger partial charge is 0.480 e. The molecule has 0 aliphatic carbocycles. The van der Waals surface area contributed by atoms with Crippen molar-refractivity contribution in [3.05, 3.63) is 0 Å². The van der Waals surface area contributed by atoms with E-state index in [2.05, 4.69) is 10.6 Å². The maximum atomic E-state index is 12.0. The van der Waals surface area contributed by atoms with Gasteiger partial charge in [-0.1, -0.05) is 13.8 Å². The maximum absolute atomic E-state index is 12.0. The van der Waals surface area contributed by atoms with Crippen LogP contribution in [0.5, 0.6) is 0 Å². The predicted molar refractivity (Wildman–Crippen MR) is 81.3 cm³/mol. The number of nitrogens with one attached hydrogen (secondary N) is 2. The van der Waals surface area contributed by atoms with Crippen LogP contribution in [0.3, 0.4) is 0 Å². The van der Waals surface area contributed by atoms with E-state index in [0.29, 0.717) is 0 Å². The van der Waals surface area contributed by atoms with E-state index in [9.17, 15) is 18.9 Å². The summed E-state index contributed by atoms with van der Waals surface area (Å²) in [6, 6.07) is -2.18. The van der Waals surface area contributed by atoms with Crippen LogP contribution in [0.25, 0.3) is 0 Å². The molecule has 0 bridgehead atoms. The van der Waals surface area contributed by atoms with Crippen LogP contribution in [0.1, 0.15) is 33.6 Å². The third-order valence-electron chi connectivity index (χ3n) is 3.12. The Bertz CT molecular complexity index is 491. The molecule has 0 saturated carbocycles. The summed E-state index contributed by atoms with van der Waals surface area (Å²) < 4.78 is 11.0. The van der Waals surface area contributed by atoms with Crippen LogP contribution in [-0.4, -0.2) is 50.5 Å². The van der Waals surface area contributed by atoms with Crippen LogP contribution in [0, 0.1) is 5.92 Å². The zero-order valence-electron chi connectivity index (χ0n) is 13.2. The highest BCUT2D eigenvalue weighted by molar-refractivity contribution is 7.52. The van der Waals surface area contributed by atoms with E-state index in [1.165, 1.54) is 0 Å². The lowest BCUT2D eigenvalue weighted by atomic mass is 10.0. The van der Waals surface area contributed by atoms with Crippen molar-refractivity contribution in [1.29, 1.82) is 0 Å². The van der Waals surface area contributed by atoms with Gasteiger partial charge in [-0.15, -0.1) is 0 Å². The van der Waals surface area contributed by atoms with Gasteiger partial charge in [-0.05, 0) is 19.3 Å². The Morgan fingerprint density at radius 1 is 1.13 bits per heavy atom. The van der Waals surface area contributed by atoms with E-state index in [0.717, 1.165) is 6.92 Å². The molecule has 0 aliphatic heterocycles. The van der Waals surface area contributed by atoms with Crippen LogP contribution in [-0.2, 0) is 18.9 Å². The number of hydrogen-bond acceptors (Lipinski definition) is 5. The number of carbonyl (C=O) groups is 3. The van der Waals surface area contributed by atoms with Crippen molar-refractivity contribution in [2.75, 3.05) is 0 Å². The topological polar surface area (TPSA) is 179 Å². The lowest BCUT2D eigenvalue weighted by Gasteiger charge is -2.24. The molecule has 7 N–H and O–H groups in total. The first kappa shape index (κ1) is 21.5. The Kier molecular flexibility index (Phi) is 8.39. The van der Waals surface area contributed by atoms with Crippen LogP contribution in [0.2, 0.25) is 0 Å². The monoisotopic (exact) mass is 353 g/mol. The molecular formula is C12H24N3O7P. The number of rotatable bonds is 9. The predicted octanol–water partition coefficient (Wildman–Crippen LogP) is -1.04. The summed E-state index contributed by atoms with van der Waals surface area (Å²) in [7, 11) is -4.48. The van der Waals surface area contributed by atoms with Crippen molar-refractivity contribution in [3.8, 4) is 0 Å². The van der Waals surface area contributed by atoms with Gasteiger partial charge in [0, 0.05) is 6.42 Å². The van der Waals surface area contributed by atoms with E-state index in [1.54, 1.807) is 13.8 Å². The number of carboxylic acid groups (broad SMARTS) is 1. The van der Waals surface area contributed by atoms with Gasteiger partial charge in [0.05, 0.1) is 0 Å². The molecule has 1 unspecified atom stereocenters. The molecule has 0 aromatic carbocycles. The fraction of sp³-hybridized carbons (Fsp3) is 0.750. The zero-order valence-corrected chi connectivity index (χ0v) is 14.1. The third kappa shape index (κ3) is 8.08. The summed E-state index contributed by atoms with van der Waals surface area (Å²) in [6.45, 7) is 4.45. The van der Waals surface area contributed by atoms with Crippen molar-refractivity contribution in [1.82, 2.24) is 10.6 Å². The van der Waals surface area contributed by atoms with E-state index in [-0.39, 0.29) is 18.8 Å². The molecule has 0 radical (unpaired) electrons. The minimum absolute atomic E-state index is 0.0908. The highest BCUT2D eigenvalue weighted by Gasteiger charge is 2.30. The molecule has 134 valence electrons. The number of carboxylic acids is 1. The zero-order chi connectivity index (χ0) is 18.4. The second-order valence-corrected chi connectivity index (χ2v) is 7.50. The van der Waals surface area contributed by atoms with Gasteiger partial charge >= 0.3 is 13.6 Å². The SMILES string of the molecule is CC(C)[C@H](NC(=O)CC[C@H](N)C(=O)O)C(=O)NC(C)P(=O)(O)O. The van der Waals surface area contributed by atoms with Crippen LogP contribution >= 0.6 is 7.60 Å². The Labute approximate surface area is 134 Å². The van der Waals surface area contributed by atoms with E-state index in [4.69, 9.17) is 20.6 Å². The van der Waals surface area contributed by atoms with E-state index < -0.39 is 43.2 Å². The number of aliphatic carboxylic acids is 1. The number of amides is 2. The second kappa shape index (κ2) is 8.97. The quantitative estimate of drug-likeness (QED) is 0.284. The van der Waals surface area contributed by atoms with Crippen LogP contribution < -0.4 is 16.4 Å². The molecule has 0 aromatic rings. The Morgan fingerprint density at radius 2 is 1.65 bits per heavy atom. The average Bonchev–Trinajstić information content (AvgIpc) is 2.40. The van der Waals surface area contributed by atoms with Gasteiger partial charge in [0.15, 0.2) is 0 Å². The van der Waals surface area contributed by atoms with Gasteiger partial charge in [-0.25, -0.2) is 0 Å². The summed E-state index contributed by atoms with van der Waals surface area (Å²) in [4.78, 5) is 52.3. The molecular weight excluding hydrogens is 329 g/mol. The molecule has 0 heterocycles. The van der Waals surface area contributed by atoms with Crippen LogP contribution in [0.15, 0.2) is 0 Å². The molecule has 10 nitrogen and oxygen atoms in total. The summed E-state index contributed by atoms with van der Waals surface area (Å²) in [6.07, 6.45) is -0.273. The minimum Gasteiger partial charge on any atom is -0.480 e. The molecule has 0 saturated heterocycles. The summed E-state index contributed by atoms with van der Waals surface area (Å²) >= 11 is 0. The number of hydrogen-bond donors (Lipinski definition) is 6. The molecule has 0 aromatic heterocycles. The fourth-order valence-corrected chi connectivity index (χ4v) is 1.87. The molecule has 0 spiro atoms. The van der Waals surface area contributed by atoms with Crippen molar-refractivity contribution < 1.29 is 33.8 Å². The molecule has 0 aliphatic rings. The van der Waals surface area contributed by atoms with Gasteiger partial charge in [0.1, 0.15) is 17.9 Å². The van der Waals surface area contributed by atoms with Crippen molar-refractivity contribution in [3.63, 3.8) is 0 Å². The molecule has 0 fully saturated rings. The molecule has 3 atom stereocenters. The van der Waals surface area contributed by atoms with Gasteiger partial charge < -0.3 is 31.3 Å². The molecule has 23 heavy (non-hydrogen) atoms. The van der Waals surface area contributed by atoms with E-state index in [1.807, 2.05) is 0 Å². The Morgan fingerprint density at radius 3 is 2.04 bits per heavy atom. The normalized spacial score (nSPS) is 15.6. The lowest BCUT2D eigenvalue weighted by Crippen LogP contribution is -2.51. The fourth-order valence-electron chi connectivity index (χ4n) is 1.57. The Hall–Kier alpha value is -1.48. The van der Waals surface area contributed by atoms with Gasteiger partial charge in [0.25, 0.3) is 0 Å². The highest BCUT2D eigenvalue weighted by atomic mass is 31.2. The third-order valence-corrected chi connectivity index (χ3v) is 4.26. The highest BCUT2D eigenvalue weighted by Crippen LogP contribution is 2.39. The molecule has 11 heteroatoms. The summed E-state index contributed by atoms with van der Waals surface area (Å²) in [5, 5.41) is 13.2. The van der Waals surface area contributed by atoms with Crippen molar-refractivity contribution in [2.24, 2.45) is 11.7 Å². The van der Waals surface area contributed by atoms with Gasteiger partial charge in [-0.3, -0.25) is 18.9 Å². The maximum Gasteiger partial charge on any atom is 0.347 e. The van der Waals surface area contributed by atoms with Crippen molar-refractivity contribution >= 4 is 25.4 Å². The Balaban J connectivity index is 4.68. The summed E-state index contributed by atoms with van der Waals surface area (Å²) in [5.41, 5.74) is 5.28. The second-order valence-electron chi connectivity index (χ2n) is 5.55. The first-order valence-corrected chi connectivity index (χ1v) is 8.67. The molecule has 0 rings (SSSR count). The first-order chi connectivity index (χ1) is 10.4. The average molecular weight is 353 g/mol. The lowest BCUT2D eigenvalue weighted by molar-refractivity contribution is -0.139. The summed E-state index contributed by atoms with van der Waals surface area (Å²) in [5.74, 6) is -4.25. The van der Waals surface area contributed by atoms with E-state index >= 15 is 0 Å². The number of nitrogens with two attached hydrogens (primary N) is 1. The smallest absolute Gasteiger partial charge is 0.347 e. The molecule has 2 amide bonds. The number of carbonyl (C=O) groups excluding carboxylic acids is 2. The first-order valence-electron chi connectivity index (χ1n) is 6.99. The van der Waals surface area contributed by atoms with Gasteiger partial charge in [0.2, 0.25) is 11.8 Å². The standard InChI is InChI=1S/C12H24N3O7P/c1-6(2)10(11(17)14-7(3)23(20,21)22)15-9(16)5-4-8(13)12(18)19/h6-8,10H,4-5,13H2,1-3H3,(H,14,17)(H,15,16)(H,18,19)(H2,20,21,22)/t7?,8-,10-/m0/s1. The minimum atomic E-state index is -4.48. The van der Waals surface area contributed by atoms with Gasteiger partial charge in [-0.2, -0.15) is 0 Å².